The van der Waals surface area contributed by atoms with Crippen molar-refractivity contribution in [1.29, 1.82) is 0 Å². The largest absolute Gasteiger partial charge is 0.573 e. The van der Waals surface area contributed by atoms with Gasteiger partial charge in [0.05, 0.1) is 41.8 Å². The lowest BCUT2D eigenvalue weighted by molar-refractivity contribution is -0.280. The third-order valence-corrected chi connectivity index (χ3v) is 8.22. The lowest BCUT2D eigenvalue weighted by Gasteiger charge is -2.14. The van der Waals surface area contributed by atoms with Gasteiger partial charge in [-0.2, -0.15) is 9.97 Å². The fourth-order valence-corrected chi connectivity index (χ4v) is 6.04. The molecule has 2 aliphatic rings. The molecule has 264 valence electrons. The molecule has 6 heterocycles. The molecule has 6 unspecified atom stereocenters. The van der Waals surface area contributed by atoms with E-state index in [9.17, 15) is 38.1 Å². The summed E-state index contributed by atoms with van der Waals surface area (Å²) in [7, 11) is 0. The van der Waals surface area contributed by atoms with Crippen LogP contribution in [0.15, 0.2) is 27.0 Å². The van der Waals surface area contributed by atoms with Crippen LogP contribution in [0.5, 0.6) is 0 Å². The van der Waals surface area contributed by atoms with Crippen molar-refractivity contribution < 1.29 is 47.8 Å². The summed E-state index contributed by atoms with van der Waals surface area (Å²) in [5.74, 6) is 5.02. The Morgan fingerprint density at radius 1 is 0.980 bits per heavy atom. The zero-order valence-electron chi connectivity index (χ0n) is 25.0. The number of ether oxygens (including phenoxy) is 3. The van der Waals surface area contributed by atoms with Gasteiger partial charge in [-0.1, -0.05) is 11.8 Å². The molecule has 0 bridgehead atoms. The SMILES string of the molecule is Nc1nc2c(c(C#CCN=COC(F)(F)F)cn2C2CC(O)C(CO)O2)c(=O)[nH]1.Nc1nc2c(c(I)cn2C2CC(O)C(CO)O2)c(=O)[nH]1. The molecule has 22 heteroatoms. The van der Waals surface area contributed by atoms with Crippen molar-refractivity contribution in [3.05, 3.63) is 42.2 Å². The molecule has 0 saturated carbocycles. The monoisotopic (exact) mass is 807 g/mol. The van der Waals surface area contributed by atoms with Gasteiger partial charge in [-0.05, 0) is 22.6 Å². The van der Waals surface area contributed by atoms with E-state index in [1.165, 1.54) is 10.8 Å². The highest BCUT2D eigenvalue weighted by molar-refractivity contribution is 14.1. The predicted molar refractivity (Wildman–Crippen MR) is 173 cm³/mol. The van der Waals surface area contributed by atoms with Crippen LogP contribution in [-0.4, -0.2) is 106 Å². The number of nitrogen functional groups attached to an aromatic ring is 2. The van der Waals surface area contributed by atoms with Crippen LogP contribution in [0, 0.1) is 15.4 Å². The van der Waals surface area contributed by atoms with Crippen LogP contribution in [0.1, 0.15) is 30.9 Å². The van der Waals surface area contributed by atoms with Crippen LogP contribution in [0.3, 0.4) is 0 Å². The summed E-state index contributed by atoms with van der Waals surface area (Å²) in [4.78, 5) is 40.6. The third-order valence-electron chi connectivity index (χ3n) is 7.40. The maximum absolute atomic E-state index is 12.3. The Balaban J connectivity index is 0.000000204. The van der Waals surface area contributed by atoms with Gasteiger partial charge in [0, 0.05) is 28.8 Å². The standard InChI is InChI=1S/C16H16F3N5O5.C11H13IN4O4/c17-16(18,19)28-7-21-3-1-2-8-5-24(11-4-9(26)10(6-25)29-11)13-12(8)14(27)23-15(20)22-13;12-4-2-16(7-1-5(18)6(3-17)20-7)9-8(4)10(19)15-11(13)14-9/h5,7,9-11,25-26H,3-4,6H2,(H3,20,22,23,27);2,5-7,17-18H,1,3H2,(H3,13,14,15,19). The second-order valence-corrected chi connectivity index (χ2v) is 11.8. The molecule has 10 N–H and O–H groups in total. The summed E-state index contributed by atoms with van der Waals surface area (Å²) in [6, 6.07) is 0. The van der Waals surface area contributed by atoms with E-state index < -0.39 is 55.4 Å². The molecule has 0 radical (unpaired) electrons. The van der Waals surface area contributed by atoms with Crippen LogP contribution in [0.2, 0.25) is 0 Å². The number of nitrogens with one attached hydrogen (secondary N) is 2. The zero-order chi connectivity index (χ0) is 35.6. The summed E-state index contributed by atoms with van der Waals surface area (Å²) in [5.41, 5.74) is 11.1. The Hall–Kier alpha value is -4.25. The molecule has 0 amide bonds. The summed E-state index contributed by atoms with van der Waals surface area (Å²) < 4.78 is 54.0. The number of aliphatic hydroxyl groups excluding tert-OH is 4. The van der Waals surface area contributed by atoms with Crippen molar-refractivity contribution in [3.63, 3.8) is 0 Å². The number of nitrogens with zero attached hydrogens (tertiary/aromatic N) is 5. The summed E-state index contributed by atoms with van der Waals surface area (Å²) >= 11 is 2.03. The maximum atomic E-state index is 12.3. The number of anilines is 2. The van der Waals surface area contributed by atoms with Gasteiger partial charge < -0.3 is 55.2 Å². The average molecular weight is 807 g/mol. The van der Waals surface area contributed by atoms with Gasteiger partial charge >= 0.3 is 6.36 Å². The number of aromatic amines is 2. The number of hydrogen-bond acceptors (Lipinski definition) is 14. The number of alkyl halides is 3. The van der Waals surface area contributed by atoms with Gasteiger partial charge in [-0.3, -0.25) is 19.6 Å². The molecule has 2 saturated heterocycles. The second-order valence-electron chi connectivity index (χ2n) is 10.7. The van der Waals surface area contributed by atoms with E-state index >= 15 is 0 Å². The van der Waals surface area contributed by atoms with Gasteiger partial charge in [0.2, 0.25) is 11.9 Å². The summed E-state index contributed by atoms with van der Waals surface area (Å²) in [5, 5.41) is 38.6. The van der Waals surface area contributed by atoms with E-state index in [4.69, 9.17) is 26.0 Å². The Morgan fingerprint density at radius 2 is 1.49 bits per heavy atom. The number of rotatable bonds is 6. The van der Waals surface area contributed by atoms with E-state index in [0.29, 0.717) is 17.5 Å². The van der Waals surface area contributed by atoms with E-state index in [2.05, 4.69) is 41.5 Å². The highest BCUT2D eigenvalue weighted by Gasteiger charge is 2.37. The Kier molecular flexibility index (Phi) is 10.8. The first-order valence-corrected chi connectivity index (χ1v) is 15.3. The minimum absolute atomic E-state index is 0.0236. The smallest absolute Gasteiger partial charge is 0.395 e. The molecule has 0 spiro atoms. The summed E-state index contributed by atoms with van der Waals surface area (Å²) in [6.45, 7) is -0.962. The molecule has 6 rings (SSSR count). The molecule has 0 aliphatic carbocycles. The normalized spacial score (nSPS) is 23.9. The molecular formula is C27H29F3IN9O9. The van der Waals surface area contributed by atoms with Crippen molar-refractivity contribution in [2.45, 2.75) is 56.1 Å². The van der Waals surface area contributed by atoms with Gasteiger partial charge in [0.1, 0.15) is 31.2 Å². The number of H-pyrrole nitrogens is 2. The minimum atomic E-state index is -4.83. The molecule has 2 fully saturated rings. The zero-order valence-corrected chi connectivity index (χ0v) is 27.1. The molecule has 4 aromatic rings. The molecule has 18 nitrogen and oxygen atoms in total. The van der Waals surface area contributed by atoms with Crippen LogP contribution in [0.4, 0.5) is 25.1 Å². The fourth-order valence-electron chi connectivity index (χ4n) is 5.25. The number of aliphatic imine (C=N–C) groups is 1. The molecule has 4 aromatic heterocycles. The quantitative estimate of drug-likeness (QED) is 0.0525. The number of hydrogen-bond donors (Lipinski definition) is 8. The van der Waals surface area contributed by atoms with E-state index in [0.717, 1.165) is 3.57 Å². The maximum Gasteiger partial charge on any atom is 0.573 e. The van der Waals surface area contributed by atoms with Gasteiger partial charge in [0.25, 0.3) is 11.1 Å². The highest BCUT2D eigenvalue weighted by Crippen LogP contribution is 2.33. The Morgan fingerprint density at radius 3 is 2.00 bits per heavy atom. The van der Waals surface area contributed by atoms with Crippen molar-refractivity contribution in [2.75, 3.05) is 31.2 Å². The van der Waals surface area contributed by atoms with Crippen LogP contribution in [-0.2, 0) is 14.2 Å². The number of fused-ring (bicyclic) bond motifs is 2. The van der Waals surface area contributed by atoms with E-state index in [-0.39, 0.29) is 60.0 Å². The second kappa shape index (κ2) is 14.7. The minimum Gasteiger partial charge on any atom is -0.395 e. The van der Waals surface area contributed by atoms with Crippen LogP contribution >= 0.6 is 22.6 Å². The van der Waals surface area contributed by atoms with Crippen molar-refractivity contribution >= 4 is 63.0 Å². The predicted octanol–water partition coefficient (Wildman–Crippen LogP) is -0.584. The first kappa shape index (κ1) is 36.0. The molecular weight excluding hydrogens is 778 g/mol. The number of halogens is 4. The first-order chi connectivity index (χ1) is 23.2. The third kappa shape index (κ3) is 7.98. The van der Waals surface area contributed by atoms with Gasteiger partial charge in [0.15, 0.2) is 17.7 Å². The Labute approximate surface area is 285 Å². The number of aromatic nitrogens is 6. The van der Waals surface area contributed by atoms with Crippen molar-refractivity contribution in [3.8, 4) is 11.8 Å². The lowest BCUT2D eigenvalue weighted by atomic mass is 10.2. The van der Waals surface area contributed by atoms with Crippen molar-refractivity contribution in [2.24, 2.45) is 4.99 Å². The molecule has 0 aromatic carbocycles. The molecule has 49 heavy (non-hydrogen) atoms. The van der Waals surface area contributed by atoms with Crippen LogP contribution in [0.25, 0.3) is 22.1 Å². The van der Waals surface area contributed by atoms with Crippen LogP contribution < -0.4 is 22.6 Å². The summed E-state index contributed by atoms with van der Waals surface area (Å²) in [6.07, 6.45) is -5.28. The van der Waals surface area contributed by atoms with E-state index in [1.54, 1.807) is 10.8 Å². The lowest BCUT2D eigenvalue weighted by Crippen LogP contribution is -2.24. The fraction of sp³-hybridized carbons (Fsp3) is 0.444. The van der Waals surface area contributed by atoms with Crippen molar-refractivity contribution in [1.82, 2.24) is 29.1 Å². The average Bonchev–Trinajstić information content (AvgIpc) is 3.77. The highest BCUT2D eigenvalue weighted by atomic mass is 127. The number of nitrogens with two attached hydrogens (primary N) is 2. The molecule has 6 atom stereocenters. The van der Waals surface area contributed by atoms with Gasteiger partial charge in [-0.25, -0.2) is 4.99 Å². The van der Waals surface area contributed by atoms with E-state index in [1.807, 2.05) is 22.6 Å². The number of aliphatic hydroxyl groups is 4. The first-order valence-electron chi connectivity index (χ1n) is 14.3. The Bertz CT molecular complexity index is 2030. The van der Waals surface area contributed by atoms with Gasteiger partial charge in [-0.15, -0.1) is 13.2 Å². The topological polar surface area (TPSA) is 274 Å². The molecule has 2 aliphatic heterocycles.